The van der Waals surface area contributed by atoms with E-state index in [2.05, 4.69) is 40.5 Å². The van der Waals surface area contributed by atoms with Crippen LogP contribution in [0.3, 0.4) is 0 Å². The number of H-pyrrole nitrogens is 1. The quantitative estimate of drug-likeness (QED) is 0.332. The van der Waals surface area contributed by atoms with Crippen LogP contribution in [-0.4, -0.2) is 35.4 Å². The molecule has 1 aromatic heterocycles. The number of aromatic nitrogens is 1. The molecule has 2 aliphatic rings. The fourth-order valence-corrected chi connectivity index (χ4v) is 5.79. The lowest BCUT2D eigenvalue weighted by molar-refractivity contribution is -0.121. The molecule has 3 aromatic rings. The minimum Gasteiger partial charge on any atom is -0.361 e. The fraction of sp³-hybridized carbons (Fsp3) is 0.483. The number of nitrogens with one attached hydrogen (secondary N) is 2. The third-order valence-corrected chi connectivity index (χ3v) is 8.02. The van der Waals surface area contributed by atoms with E-state index in [1.807, 2.05) is 30.3 Å². The molecule has 0 saturated heterocycles. The van der Waals surface area contributed by atoms with E-state index in [1.165, 1.54) is 43.3 Å². The summed E-state index contributed by atoms with van der Waals surface area (Å²) in [5, 5.41) is 5.19. The van der Waals surface area contributed by atoms with Gasteiger partial charge in [0.25, 0.3) is 0 Å². The van der Waals surface area contributed by atoms with Gasteiger partial charge in [-0.2, -0.15) is 0 Å². The van der Waals surface area contributed by atoms with Crippen molar-refractivity contribution in [3.05, 3.63) is 64.8 Å². The van der Waals surface area contributed by atoms with E-state index < -0.39 is 5.41 Å². The fourth-order valence-electron chi connectivity index (χ4n) is 5.66. The summed E-state index contributed by atoms with van der Waals surface area (Å²) in [4.78, 5) is 19.7. The molecule has 0 unspecified atom stereocenters. The molecule has 1 amide bonds. The first-order chi connectivity index (χ1) is 16.6. The van der Waals surface area contributed by atoms with Gasteiger partial charge in [0, 0.05) is 40.9 Å². The van der Waals surface area contributed by atoms with Crippen LogP contribution in [0.1, 0.15) is 63.0 Å². The van der Waals surface area contributed by atoms with Gasteiger partial charge in [-0.15, -0.1) is 0 Å². The van der Waals surface area contributed by atoms with Gasteiger partial charge in [0.05, 0.1) is 5.41 Å². The summed E-state index contributed by atoms with van der Waals surface area (Å²) in [7, 11) is 0. The highest BCUT2D eigenvalue weighted by molar-refractivity contribution is 6.30. The van der Waals surface area contributed by atoms with Crippen molar-refractivity contribution >= 4 is 34.1 Å². The molecule has 5 heteroatoms. The van der Waals surface area contributed by atoms with Crippen LogP contribution >= 0.6 is 11.6 Å². The minimum atomic E-state index is -0.468. The highest BCUT2D eigenvalue weighted by Crippen LogP contribution is 2.42. The lowest BCUT2D eigenvalue weighted by Gasteiger charge is -2.28. The van der Waals surface area contributed by atoms with Crippen LogP contribution in [0.25, 0.3) is 10.9 Å². The number of rotatable bonds is 10. The normalized spacial score (nSPS) is 17.5. The lowest BCUT2D eigenvalue weighted by atomic mass is 9.78. The van der Waals surface area contributed by atoms with E-state index in [0.29, 0.717) is 5.02 Å². The number of nitrogens with zero attached hydrogens (tertiary/aromatic N) is 1. The van der Waals surface area contributed by atoms with E-state index in [0.717, 1.165) is 61.3 Å². The number of anilines is 1. The average Bonchev–Trinajstić information content (AvgIpc) is 3.35. The highest BCUT2D eigenvalue weighted by Gasteiger charge is 2.42. The second-order valence-corrected chi connectivity index (χ2v) is 10.8. The maximum atomic E-state index is 13.6. The van der Waals surface area contributed by atoms with Crippen molar-refractivity contribution < 1.29 is 4.79 Å². The molecule has 0 aliphatic heterocycles. The highest BCUT2D eigenvalue weighted by atomic mass is 35.5. The number of hydrogen-bond acceptors (Lipinski definition) is 2. The van der Waals surface area contributed by atoms with Crippen molar-refractivity contribution in [1.29, 1.82) is 0 Å². The van der Waals surface area contributed by atoms with E-state index in [9.17, 15) is 4.79 Å². The van der Waals surface area contributed by atoms with Crippen molar-refractivity contribution in [2.75, 3.05) is 25.0 Å². The van der Waals surface area contributed by atoms with Gasteiger partial charge >= 0.3 is 0 Å². The van der Waals surface area contributed by atoms with Crippen molar-refractivity contribution in [3.8, 4) is 0 Å². The van der Waals surface area contributed by atoms with Crippen molar-refractivity contribution in [3.63, 3.8) is 0 Å². The monoisotopic (exact) mass is 477 g/mol. The molecule has 1 heterocycles. The number of halogens is 1. The molecule has 2 fully saturated rings. The van der Waals surface area contributed by atoms with Gasteiger partial charge < -0.3 is 15.2 Å². The number of carbonyl (C=O) groups is 1. The topological polar surface area (TPSA) is 48.1 Å². The predicted octanol–water partition coefficient (Wildman–Crippen LogP) is 6.94. The second kappa shape index (κ2) is 10.1. The summed E-state index contributed by atoms with van der Waals surface area (Å²) in [5.74, 6) is 1.02. The van der Waals surface area contributed by atoms with Crippen molar-refractivity contribution in [2.45, 2.75) is 63.7 Å². The third kappa shape index (κ3) is 5.04. The molecule has 2 aliphatic carbocycles. The molecular formula is C29H36ClN3O. The zero-order chi connectivity index (χ0) is 23.5. The first-order valence-electron chi connectivity index (χ1n) is 13.0. The molecule has 0 bridgehead atoms. The minimum absolute atomic E-state index is 0.0994. The SMILES string of the molecule is CCCN(CCc1c[nH]c2ccc(NC(=O)C3(c4ccc(Cl)cc4)CCCC3)cc12)CC1CC1. The van der Waals surface area contributed by atoms with Crippen LogP contribution < -0.4 is 5.32 Å². The van der Waals surface area contributed by atoms with E-state index >= 15 is 0 Å². The van der Waals surface area contributed by atoms with Crippen LogP contribution in [-0.2, 0) is 16.6 Å². The molecule has 0 spiro atoms. The Balaban J connectivity index is 1.32. The Morgan fingerprint density at radius 2 is 1.88 bits per heavy atom. The lowest BCUT2D eigenvalue weighted by Crippen LogP contribution is -2.37. The first-order valence-corrected chi connectivity index (χ1v) is 13.3. The number of amides is 1. The van der Waals surface area contributed by atoms with Gasteiger partial charge in [0.1, 0.15) is 0 Å². The van der Waals surface area contributed by atoms with Gasteiger partial charge in [0.15, 0.2) is 0 Å². The molecule has 180 valence electrons. The molecule has 2 N–H and O–H groups in total. The number of hydrogen-bond donors (Lipinski definition) is 2. The van der Waals surface area contributed by atoms with Crippen LogP contribution in [0.15, 0.2) is 48.7 Å². The second-order valence-electron chi connectivity index (χ2n) is 10.3. The molecule has 5 rings (SSSR count). The van der Waals surface area contributed by atoms with Crippen LogP contribution in [0, 0.1) is 5.92 Å². The Morgan fingerprint density at radius 3 is 2.59 bits per heavy atom. The van der Waals surface area contributed by atoms with Gasteiger partial charge in [-0.3, -0.25) is 4.79 Å². The van der Waals surface area contributed by atoms with E-state index in [-0.39, 0.29) is 5.91 Å². The summed E-state index contributed by atoms with van der Waals surface area (Å²) in [6.45, 7) is 5.77. The molecule has 2 saturated carbocycles. The largest absolute Gasteiger partial charge is 0.361 e. The molecule has 4 nitrogen and oxygen atoms in total. The summed E-state index contributed by atoms with van der Waals surface area (Å²) in [6.07, 6.45) is 11.1. The molecule has 0 atom stereocenters. The zero-order valence-electron chi connectivity index (χ0n) is 20.2. The van der Waals surface area contributed by atoms with Crippen LogP contribution in [0.4, 0.5) is 5.69 Å². The van der Waals surface area contributed by atoms with E-state index in [1.54, 1.807) is 0 Å². The maximum absolute atomic E-state index is 13.6. The number of aromatic amines is 1. The standard InChI is InChI=1S/C29H36ClN3O/c1-2-16-33(20-21-5-6-21)17-13-22-19-31-27-12-11-25(18-26(22)27)32-28(34)29(14-3-4-15-29)23-7-9-24(30)10-8-23/h7-12,18-19,21,31H,2-6,13-17,20H2,1H3,(H,32,34). The average molecular weight is 478 g/mol. The summed E-state index contributed by atoms with van der Waals surface area (Å²) in [5.41, 5.74) is 3.94. The number of fused-ring (bicyclic) bond motifs is 1. The Bertz CT molecular complexity index is 1130. The summed E-state index contributed by atoms with van der Waals surface area (Å²) < 4.78 is 0. The Hall–Kier alpha value is -2.30. The van der Waals surface area contributed by atoms with Gasteiger partial charge in [-0.1, -0.05) is 43.5 Å². The van der Waals surface area contributed by atoms with Gasteiger partial charge in [-0.25, -0.2) is 0 Å². The van der Waals surface area contributed by atoms with Crippen LogP contribution in [0.2, 0.25) is 5.02 Å². The Labute approximate surface area is 208 Å². The van der Waals surface area contributed by atoms with Crippen molar-refractivity contribution in [2.24, 2.45) is 5.92 Å². The van der Waals surface area contributed by atoms with Crippen LogP contribution in [0.5, 0.6) is 0 Å². The molecular weight excluding hydrogens is 442 g/mol. The Kier molecular flexibility index (Phi) is 6.99. The number of carbonyl (C=O) groups excluding carboxylic acids is 1. The zero-order valence-corrected chi connectivity index (χ0v) is 21.0. The van der Waals surface area contributed by atoms with E-state index in [4.69, 9.17) is 11.6 Å². The maximum Gasteiger partial charge on any atom is 0.235 e. The molecule has 34 heavy (non-hydrogen) atoms. The van der Waals surface area contributed by atoms with Gasteiger partial charge in [0.2, 0.25) is 5.91 Å². The summed E-state index contributed by atoms with van der Waals surface area (Å²) >= 11 is 6.12. The Morgan fingerprint density at radius 1 is 1.12 bits per heavy atom. The smallest absolute Gasteiger partial charge is 0.235 e. The third-order valence-electron chi connectivity index (χ3n) is 7.76. The first kappa shape index (κ1) is 23.4. The molecule has 0 radical (unpaired) electrons. The van der Waals surface area contributed by atoms with Gasteiger partial charge in [-0.05, 0) is 92.4 Å². The predicted molar refractivity (Wildman–Crippen MR) is 142 cm³/mol. The molecule has 2 aromatic carbocycles. The summed E-state index contributed by atoms with van der Waals surface area (Å²) in [6, 6.07) is 14.1. The number of benzene rings is 2. The van der Waals surface area contributed by atoms with Crippen molar-refractivity contribution in [1.82, 2.24) is 9.88 Å².